The molecule has 0 aliphatic rings. The minimum atomic E-state index is -0.0637. The predicted molar refractivity (Wildman–Crippen MR) is 109 cm³/mol. The van der Waals surface area contributed by atoms with E-state index >= 15 is 0 Å². The molecule has 144 valence electrons. The Bertz CT molecular complexity index is 1050. The maximum absolute atomic E-state index is 12.5. The van der Waals surface area contributed by atoms with Gasteiger partial charge in [-0.1, -0.05) is 18.2 Å². The molecule has 0 saturated carbocycles. The van der Waals surface area contributed by atoms with Crippen LogP contribution in [0.4, 0.5) is 0 Å². The Morgan fingerprint density at radius 3 is 2.89 bits per heavy atom. The number of nitrogens with one attached hydrogen (secondary N) is 1. The van der Waals surface area contributed by atoms with E-state index in [0.29, 0.717) is 24.6 Å². The molecule has 0 aliphatic carbocycles. The predicted octanol–water partition coefficient (Wildman–Crippen LogP) is 4.33. The van der Waals surface area contributed by atoms with Gasteiger partial charge in [-0.15, -0.1) is 11.3 Å². The highest BCUT2D eigenvalue weighted by Gasteiger charge is 2.16. The van der Waals surface area contributed by atoms with Gasteiger partial charge in [-0.2, -0.15) is 5.10 Å². The number of rotatable bonds is 8. The average molecular weight is 395 g/mol. The number of para-hydroxylation sites is 1. The fourth-order valence-corrected chi connectivity index (χ4v) is 4.03. The van der Waals surface area contributed by atoms with Crippen LogP contribution in [0.5, 0.6) is 0 Å². The van der Waals surface area contributed by atoms with Gasteiger partial charge in [0.25, 0.3) is 5.91 Å². The topological polar surface area (TPSA) is 69.3 Å². The maximum Gasteiger partial charge on any atom is 0.261 e. The maximum atomic E-state index is 12.5. The number of carbonyl (C=O) groups excluding carboxylic acids is 1. The summed E-state index contributed by atoms with van der Waals surface area (Å²) >= 11 is 1.46. The highest BCUT2D eigenvalue weighted by Crippen LogP contribution is 2.30. The number of hydrogen-bond acceptors (Lipinski definition) is 5. The zero-order chi connectivity index (χ0) is 19.3. The molecule has 4 rings (SSSR count). The molecule has 1 aromatic carbocycles. The molecule has 3 heterocycles. The van der Waals surface area contributed by atoms with Crippen LogP contribution in [0, 0.1) is 6.92 Å². The lowest BCUT2D eigenvalue weighted by Gasteiger charge is -2.04. The van der Waals surface area contributed by atoms with Gasteiger partial charge in [0.1, 0.15) is 17.2 Å². The number of aryl methyl sites for hydroxylation is 1. The largest absolute Gasteiger partial charge is 0.467 e. The van der Waals surface area contributed by atoms with Crippen LogP contribution in [-0.4, -0.2) is 28.8 Å². The van der Waals surface area contributed by atoms with Gasteiger partial charge in [-0.3, -0.25) is 4.79 Å². The lowest BCUT2D eigenvalue weighted by atomic mass is 10.3. The summed E-state index contributed by atoms with van der Waals surface area (Å²) in [6, 6.07) is 15.6. The molecular formula is C21H21N3O3S. The van der Waals surface area contributed by atoms with Crippen LogP contribution in [0.1, 0.15) is 27.5 Å². The zero-order valence-electron chi connectivity index (χ0n) is 15.6. The molecule has 1 amide bonds. The number of furan rings is 1. The van der Waals surface area contributed by atoms with Crippen LogP contribution in [0.2, 0.25) is 0 Å². The number of ether oxygens (including phenoxy) is 1. The number of amides is 1. The summed E-state index contributed by atoms with van der Waals surface area (Å²) in [5, 5.41) is 8.58. The summed E-state index contributed by atoms with van der Waals surface area (Å²) in [6.07, 6.45) is 2.37. The molecular weight excluding hydrogens is 374 g/mol. The third kappa shape index (κ3) is 4.00. The van der Waals surface area contributed by atoms with E-state index in [4.69, 9.17) is 9.15 Å². The standard InChI is InChI=1S/C21H21N3O3S/c1-15-18-13-19(28-21(18)24(23-15)16-7-3-2-4-8-16)20(25)22-10-6-11-26-14-17-9-5-12-27-17/h2-5,7-9,12-13H,6,10-11,14H2,1H3,(H,22,25). The third-order valence-corrected chi connectivity index (χ3v) is 5.45. The van der Waals surface area contributed by atoms with Crippen LogP contribution in [0.25, 0.3) is 15.9 Å². The number of carbonyl (C=O) groups is 1. The van der Waals surface area contributed by atoms with Crippen molar-refractivity contribution in [2.24, 2.45) is 0 Å². The second kappa shape index (κ2) is 8.41. The molecule has 1 N–H and O–H groups in total. The molecule has 0 aliphatic heterocycles. The van der Waals surface area contributed by atoms with Crippen molar-refractivity contribution >= 4 is 27.5 Å². The van der Waals surface area contributed by atoms with Gasteiger partial charge in [0.15, 0.2) is 0 Å². The van der Waals surface area contributed by atoms with Crippen molar-refractivity contribution in [3.05, 3.63) is 71.1 Å². The first kappa shape index (κ1) is 18.5. The zero-order valence-corrected chi connectivity index (χ0v) is 16.4. The molecule has 0 radical (unpaired) electrons. The number of benzene rings is 1. The lowest BCUT2D eigenvalue weighted by molar-refractivity contribution is 0.0920. The van der Waals surface area contributed by atoms with E-state index in [0.717, 1.165) is 33.8 Å². The second-order valence-electron chi connectivity index (χ2n) is 6.40. The molecule has 0 spiro atoms. The van der Waals surface area contributed by atoms with Gasteiger partial charge in [0.05, 0.1) is 22.5 Å². The Morgan fingerprint density at radius 2 is 2.11 bits per heavy atom. The van der Waals surface area contributed by atoms with Crippen molar-refractivity contribution in [3.8, 4) is 5.69 Å². The molecule has 7 heteroatoms. The van der Waals surface area contributed by atoms with Gasteiger partial charge in [0.2, 0.25) is 0 Å². The highest BCUT2D eigenvalue weighted by molar-refractivity contribution is 7.20. The molecule has 0 atom stereocenters. The molecule has 0 fully saturated rings. The van der Waals surface area contributed by atoms with E-state index in [1.165, 1.54) is 11.3 Å². The van der Waals surface area contributed by atoms with Crippen molar-refractivity contribution in [1.29, 1.82) is 0 Å². The van der Waals surface area contributed by atoms with E-state index < -0.39 is 0 Å². The number of nitrogens with zero attached hydrogens (tertiary/aromatic N) is 2. The Labute approximate surface area is 166 Å². The minimum Gasteiger partial charge on any atom is -0.467 e. The summed E-state index contributed by atoms with van der Waals surface area (Å²) in [4.78, 5) is 14.2. The smallest absolute Gasteiger partial charge is 0.261 e. The van der Waals surface area contributed by atoms with Crippen molar-refractivity contribution in [3.63, 3.8) is 0 Å². The second-order valence-corrected chi connectivity index (χ2v) is 7.43. The van der Waals surface area contributed by atoms with Crippen LogP contribution >= 0.6 is 11.3 Å². The van der Waals surface area contributed by atoms with Crippen molar-refractivity contribution in [2.75, 3.05) is 13.2 Å². The van der Waals surface area contributed by atoms with Crippen LogP contribution < -0.4 is 5.32 Å². The Kier molecular flexibility index (Phi) is 5.55. The lowest BCUT2D eigenvalue weighted by Crippen LogP contribution is -2.24. The first-order valence-electron chi connectivity index (χ1n) is 9.15. The normalized spacial score (nSPS) is 11.2. The highest BCUT2D eigenvalue weighted by atomic mass is 32.1. The number of hydrogen-bond donors (Lipinski definition) is 1. The van der Waals surface area contributed by atoms with Gasteiger partial charge in [0, 0.05) is 18.5 Å². The molecule has 0 saturated heterocycles. The fourth-order valence-electron chi connectivity index (χ4n) is 2.93. The monoisotopic (exact) mass is 395 g/mol. The number of aromatic nitrogens is 2. The summed E-state index contributed by atoms with van der Waals surface area (Å²) in [7, 11) is 0. The van der Waals surface area contributed by atoms with E-state index in [1.54, 1.807) is 6.26 Å². The molecule has 4 aromatic rings. The minimum absolute atomic E-state index is 0.0637. The fraction of sp³-hybridized carbons (Fsp3) is 0.238. The molecule has 3 aromatic heterocycles. The van der Waals surface area contributed by atoms with Crippen molar-refractivity contribution < 1.29 is 13.9 Å². The Morgan fingerprint density at radius 1 is 1.25 bits per heavy atom. The molecule has 6 nitrogen and oxygen atoms in total. The van der Waals surface area contributed by atoms with E-state index in [-0.39, 0.29) is 5.91 Å². The summed E-state index contributed by atoms with van der Waals surface area (Å²) < 4.78 is 12.6. The van der Waals surface area contributed by atoms with Crippen molar-refractivity contribution in [1.82, 2.24) is 15.1 Å². The van der Waals surface area contributed by atoms with Gasteiger partial charge >= 0.3 is 0 Å². The Balaban J connectivity index is 1.34. The summed E-state index contributed by atoms with van der Waals surface area (Å²) in [5.41, 5.74) is 1.91. The van der Waals surface area contributed by atoms with Crippen LogP contribution in [0.3, 0.4) is 0 Å². The third-order valence-electron chi connectivity index (χ3n) is 4.34. The van der Waals surface area contributed by atoms with Gasteiger partial charge < -0.3 is 14.5 Å². The van der Waals surface area contributed by atoms with Crippen LogP contribution in [0.15, 0.2) is 59.2 Å². The molecule has 28 heavy (non-hydrogen) atoms. The molecule has 0 bridgehead atoms. The SMILES string of the molecule is Cc1nn(-c2ccccc2)c2sc(C(=O)NCCCOCc3ccco3)cc12. The van der Waals surface area contributed by atoms with E-state index in [9.17, 15) is 4.79 Å². The summed E-state index contributed by atoms with van der Waals surface area (Å²) in [6.45, 7) is 3.55. The van der Waals surface area contributed by atoms with E-state index in [1.807, 2.05) is 60.1 Å². The number of fused-ring (bicyclic) bond motifs is 1. The van der Waals surface area contributed by atoms with Crippen LogP contribution in [-0.2, 0) is 11.3 Å². The van der Waals surface area contributed by atoms with E-state index in [2.05, 4.69) is 10.4 Å². The average Bonchev–Trinajstić information content (AvgIpc) is 3.44. The quantitative estimate of drug-likeness (QED) is 0.451. The number of thiophene rings is 1. The van der Waals surface area contributed by atoms with Gasteiger partial charge in [-0.25, -0.2) is 4.68 Å². The first-order chi connectivity index (χ1) is 13.7. The first-order valence-corrected chi connectivity index (χ1v) is 9.97. The summed E-state index contributed by atoms with van der Waals surface area (Å²) in [5.74, 6) is 0.739. The molecule has 0 unspecified atom stereocenters. The Hall–Kier alpha value is -2.90. The van der Waals surface area contributed by atoms with Gasteiger partial charge in [-0.05, 0) is 43.7 Å². The van der Waals surface area contributed by atoms with Crippen molar-refractivity contribution in [2.45, 2.75) is 20.0 Å².